The molecule has 0 rings (SSSR count). The van der Waals surface area contributed by atoms with Crippen molar-refractivity contribution in [3.63, 3.8) is 0 Å². The molecule has 0 aliphatic heterocycles. The van der Waals surface area contributed by atoms with Crippen molar-refractivity contribution >= 4 is 20.0 Å². The number of nitrogens with one attached hydrogen (secondary N) is 1. The van der Waals surface area contributed by atoms with Crippen LogP contribution >= 0.6 is 0 Å². The number of carboxylic acid groups (broad SMARTS) is 1. The van der Waals surface area contributed by atoms with E-state index in [4.69, 9.17) is 10.8 Å². The summed E-state index contributed by atoms with van der Waals surface area (Å²) >= 11 is 0. The Kier molecular flexibility index (Phi) is 6.55. The first-order valence-corrected chi connectivity index (χ1v) is 10.0. The summed E-state index contributed by atoms with van der Waals surface area (Å²) in [5, 5.41) is 11.7. The third kappa shape index (κ3) is 7.44. The molecule has 0 heterocycles. The molecule has 4 N–H and O–H groups in total. The van der Waals surface area contributed by atoms with Gasteiger partial charge in [-0.1, -0.05) is 33.5 Å². The van der Waals surface area contributed by atoms with Crippen LogP contribution < -0.4 is 11.1 Å². The number of hydrogen-bond donors (Lipinski definition) is 3. The lowest BCUT2D eigenvalue weighted by Gasteiger charge is -2.24. The number of hydrogen-bond acceptors (Lipinski definition) is 3. The third-order valence-corrected chi connectivity index (χ3v) is 4.13. The fourth-order valence-electron chi connectivity index (χ4n) is 1.71. The minimum absolute atomic E-state index is 0.311. The lowest BCUT2D eigenvalue weighted by atomic mass is 10.0. The third-order valence-electron chi connectivity index (χ3n) is 2.49. The highest BCUT2D eigenvalue weighted by Crippen LogP contribution is 2.12. The summed E-state index contributed by atoms with van der Waals surface area (Å²) in [6, 6.07) is -0.932. The van der Waals surface area contributed by atoms with E-state index in [1.54, 1.807) is 0 Å². The fourth-order valence-corrected chi connectivity index (χ4v) is 3.21. The van der Waals surface area contributed by atoms with E-state index in [9.17, 15) is 9.59 Å². The van der Waals surface area contributed by atoms with Gasteiger partial charge in [0.2, 0.25) is 5.91 Å². The van der Waals surface area contributed by atoms with Gasteiger partial charge in [0.25, 0.3) is 0 Å². The van der Waals surface area contributed by atoms with Crippen LogP contribution in [0, 0.1) is 5.92 Å². The minimum atomic E-state index is -1.55. The molecule has 18 heavy (non-hydrogen) atoms. The maximum Gasteiger partial charge on any atom is 0.325 e. The average Bonchev–Trinajstić information content (AvgIpc) is 2.12. The molecular formula is C12H26N2O3Si. The van der Waals surface area contributed by atoms with Crippen LogP contribution in [0.5, 0.6) is 0 Å². The molecular weight excluding hydrogens is 248 g/mol. The van der Waals surface area contributed by atoms with E-state index in [0.29, 0.717) is 18.4 Å². The molecule has 0 saturated heterocycles. The Hall–Kier alpha value is -0.883. The number of carboxylic acids is 1. The van der Waals surface area contributed by atoms with Crippen LogP contribution in [0.1, 0.15) is 20.3 Å². The Morgan fingerprint density at radius 3 is 2.11 bits per heavy atom. The van der Waals surface area contributed by atoms with E-state index >= 15 is 0 Å². The van der Waals surface area contributed by atoms with Gasteiger partial charge in [-0.3, -0.25) is 9.59 Å². The van der Waals surface area contributed by atoms with Gasteiger partial charge in [0.1, 0.15) is 6.04 Å². The van der Waals surface area contributed by atoms with Gasteiger partial charge in [-0.25, -0.2) is 0 Å². The molecule has 0 saturated carbocycles. The van der Waals surface area contributed by atoms with Crippen molar-refractivity contribution in [3.8, 4) is 0 Å². The van der Waals surface area contributed by atoms with Crippen molar-refractivity contribution in [3.05, 3.63) is 0 Å². The average molecular weight is 274 g/mol. The standard InChI is InChI=1S/C12H26N2O3Si/c1-8(2)6-9(13)11(15)14-10(12(16)17)7-18(3,4)5/h8-10H,6-7,13H2,1-5H3,(H,14,15)(H,16,17)/t9-,10-/m0/s1. The van der Waals surface area contributed by atoms with E-state index in [1.807, 2.05) is 13.8 Å². The first-order valence-electron chi connectivity index (χ1n) is 6.31. The molecule has 0 spiro atoms. The van der Waals surface area contributed by atoms with Crippen molar-refractivity contribution < 1.29 is 14.7 Å². The molecule has 6 heteroatoms. The van der Waals surface area contributed by atoms with Crippen LogP contribution in [0.15, 0.2) is 0 Å². The fraction of sp³-hybridized carbons (Fsp3) is 0.833. The monoisotopic (exact) mass is 274 g/mol. The van der Waals surface area contributed by atoms with Crippen molar-refractivity contribution in [2.75, 3.05) is 0 Å². The lowest BCUT2D eigenvalue weighted by Crippen LogP contribution is -2.50. The van der Waals surface area contributed by atoms with Crippen LogP contribution in [-0.4, -0.2) is 37.1 Å². The highest BCUT2D eigenvalue weighted by Gasteiger charge is 2.28. The first-order chi connectivity index (χ1) is 8.03. The van der Waals surface area contributed by atoms with Crippen molar-refractivity contribution in [2.24, 2.45) is 11.7 Å². The largest absolute Gasteiger partial charge is 0.480 e. The summed E-state index contributed by atoms with van der Waals surface area (Å²) in [4.78, 5) is 22.9. The van der Waals surface area contributed by atoms with Crippen LogP contribution in [-0.2, 0) is 9.59 Å². The van der Waals surface area contributed by atoms with Crippen LogP contribution in [0.4, 0.5) is 0 Å². The van der Waals surface area contributed by atoms with Gasteiger partial charge < -0.3 is 16.2 Å². The molecule has 5 nitrogen and oxygen atoms in total. The molecule has 0 bridgehead atoms. The molecule has 0 radical (unpaired) electrons. The maximum atomic E-state index is 11.8. The number of rotatable bonds is 7. The second kappa shape index (κ2) is 6.89. The Labute approximate surface area is 110 Å². The zero-order valence-corrected chi connectivity index (χ0v) is 13.0. The second-order valence-corrected chi connectivity index (χ2v) is 11.9. The topological polar surface area (TPSA) is 92.4 Å². The van der Waals surface area contributed by atoms with Gasteiger partial charge >= 0.3 is 5.97 Å². The summed E-state index contributed by atoms with van der Waals surface area (Å²) in [6.07, 6.45) is 0.561. The highest BCUT2D eigenvalue weighted by atomic mass is 28.3. The molecule has 0 aromatic carbocycles. The Morgan fingerprint density at radius 1 is 1.28 bits per heavy atom. The van der Waals surface area contributed by atoms with Gasteiger partial charge in [0, 0.05) is 8.07 Å². The van der Waals surface area contributed by atoms with Gasteiger partial charge in [-0.05, 0) is 18.4 Å². The van der Waals surface area contributed by atoms with E-state index in [2.05, 4.69) is 25.0 Å². The highest BCUT2D eigenvalue weighted by molar-refractivity contribution is 6.76. The smallest absolute Gasteiger partial charge is 0.325 e. The van der Waals surface area contributed by atoms with Crippen molar-refractivity contribution in [2.45, 2.75) is 58.0 Å². The predicted octanol–water partition coefficient (Wildman–Crippen LogP) is 1.27. The molecule has 0 aliphatic rings. The number of amides is 1. The van der Waals surface area contributed by atoms with Crippen LogP contribution in [0.3, 0.4) is 0 Å². The molecule has 1 amide bonds. The first kappa shape index (κ1) is 17.1. The minimum Gasteiger partial charge on any atom is -0.480 e. The number of nitrogens with two attached hydrogens (primary N) is 1. The van der Waals surface area contributed by atoms with E-state index in [-0.39, 0.29) is 5.91 Å². The molecule has 0 aliphatic carbocycles. The van der Waals surface area contributed by atoms with Gasteiger partial charge in [-0.2, -0.15) is 0 Å². The summed E-state index contributed by atoms with van der Waals surface area (Å²) in [6.45, 7) is 10.2. The van der Waals surface area contributed by atoms with Crippen LogP contribution in [0.2, 0.25) is 25.7 Å². The molecule has 0 aromatic rings. The molecule has 0 fully saturated rings. The van der Waals surface area contributed by atoms with Gasteiger partial charge in [0.05, 0.1) is 6.04 Å². The molecule has 0 aromatic heterocycles. The zero-order valence-electron chi connectivity index (χ0n) is 12.0. The van der Waals surface area contributed by atoms with Crippen molar-refractivity contribution in [1.82, 2.24) is 5.32 Å². The predicted molar refractivity (Wildman–Crippen MR) is 75.1 cm³/mol. The number of aliphatic carboxylic acids is 1. The number of carbonyl (C=O) groups excluding carboxylic acids is 1. The summed E-state index contributed by atoms with van der Waals surface area (Å²) in [5.41, 5.74) is 5.74. The summed E-state index contributed by atoms with van der Waals surface area (Å²) in [7, 11) is -1.55. The molecule has 106 valence electrons. The lowest BCUT2D eigenvalue weighted by molar-refractivity contribution is -0.141. The van der Waals surface area contributed by atoms with E-state index < -0.39 is 26.1 Å². The molecule has 0 unspecified atom stereocenters. The van der Waals surface area contributed by atoms with Gasteiger partial charge in [0.15, 0.2) is 0 Å². The van der Waals surface area contributed by atoms with Gasteiger partial charge in [-0.15, -0.1) is 0 Å². The molecule has 2 atom stereocenters. The summed E-state index contributed by atoms with van der Waals surface area (Å²) in [5.74, 6) is -1.04. The van der Waals surface area contributed by atoms with E-state index in [0.717, 1.165) is 0 Å². The SMILES string of the molecule is CC(C)C[C@H](N)C(=O)N[C@@H](C[Si](C)(C)C)C(=O)O. The quantitative estimate of drug-likeness (QED) is 0.610. The zero-order chi connectivity index (χ0) is 14.5. The Morgan fingerprint density at radius 2 is 1.78 bits per heavy atom. The Bertz CT molecular complexity index is 300. The second-order valence-electron chi connectivity index (χ2n) is 6.40. The normalized spacial score (nSPS) is 15.3. The van der Waals surface area contributed by atoms with Crippen molar-refractivity contribution in [1.29, 1.82) is 0 Å². The Balaban J connectivity index is 4.50. The maximum absolute atomic E-state index is 11.8. The summed E-state index contributed by atoms with van der Waals surface area (Å²) < 4.78 is 0. The van der Waals surface area contributed by atoms with E-state index in [1.165, 1.54) is 0 Å². The van der Waals surface area contributed by atoms with Crippen LogP contribution in [0.25, 0.3) is 0 Å². The number of carbonyl (C=O) groups is 2.